The number of nitrogens with two attached hydrogens (primary N) is 1. The SMILES string of the molecule is CC(CCS(C)=O)n1nnnc1-c1ccc(N)cc1F. The molecule has 2 N–H and O–H groups in total. The van der Waals surface area contributed by atoms with Crippen LogP contribution in [0.25, 0.3) is 11.4 Å². The summed E-state index contributed by atoms with van der Waals surface area (Å²) >= 11 is 0. The minimum absolute atomic E-state index is 0.0687. The number of halogens is 1. The first-order valence-electron chi connectivity index (χ1n) is 6.12. The monoisotopic (exact) mass is 297 g/mol. The first-order chi connectivity index (χ1) is 9.49. The van der Waals surface area contributed by atoms with Gasteiger partial charge in [0.05, 0.1) is 11.6 Å². The van der Waals surface area contributed by atoms with Gasteiger partial charge in [0, 0.05) is 28.5 Å². The quantitative estimate of drug-likeness (QED) is 0.843. The number of nitrogen functional groups attached to an aromatic ring is 1. The molecule has 0 saturated carbocycles. The molecule has 108 valence electrons. The van der Waals surface area contributed by atoms with E-state index in [4.69, 9.17) is 5.73 Å². The molecule has 0 aliphatic rings. The average Bonchev–Trinajstić information content (AvgIpc) is 2.85. The molecule has 20 heavy (non-hydrogen) atoms. The number of anilines is 1. The maximum absolute atomic E-state index is 13.9. The molecular formula is C12H16FN5OS. The Hall–Kier alpha value is -1.83. The zero-order chi connectivity index (χ0) is 14.7. The molecule has 6 nitrogen and oxygen atoms in total. The van der Waals surface area contributed by atoms with Gasteiger partial charge < -0.3 is 5.73 Å². The van der Waals surface area contributed by atoms with Gasteiger partial charge in [-0.15, -0.1) is 5.10 Å². The van der Waals surface area contributed by atoms with Gasteiger partial charge in [0.1, 0.15) is 5.82 Å². The van der Waals surface area contributed by atoms with Crippen molar-refractivity contribution < 1.29 is 8.60 Å². The molecule has 1 aromatic carbocycles. The summed E-state index contributed by atoms with van der Waals surface area (Å²) in [7, 11) is -0.879. The summed E-state index contributed by atoms with van der Waals surface area (Å²) in [6.45, 7) is 1.90. The number of hydrogen-bond acceptors (Lipinski definition) is 5. The molecule has 0 radical (unpaired) electrons. The fourth-order valence-electron chi connectivity index (χ4n) is 1.84. The summed E-state index contributed by atoms with van der Waals surface area (Å²) < 4.78 is 26.6. The van der Waals surface area contributed by atoms with E-state index >= 15 is 0 Å². The molecule has 0 amide bonds. The standard InChI is InChI=1S/C12H16FN5OS/c1-8(5-6-20(2)19)18-12(15-16-17-18)10-4-3-9(14)7-11(10)13/h3-4,7-8H,5-6,14H2,1-2H3. The van der Waals surface area contributed by atoms with Crippen LogP contribution in [0.15, 0.2) is 18.2 Å². The van der Waals surface area contributed by atoms with E-state index in [0.29, 0.717) is 29.2 Å². The molecule has 2 atom stereocenters. The Morgan fingerprint density at radius 2 is 2.25 bits per heavy atom. The van der Waals surface area contributed by atoms with E-state index in [9.17, 15) is 8.60 Å². The van der Waals surface area contributed by atoms with Gasteiger partial charge in [-0.1, -0.05) is 0 Å². The predicted molar refractivity (Wildman–Crippen MR) is 75.9 cm³/mol. The van der Waals surface area contributed by atoms with Crippen molar-refractivity contribution in [2.24, 2.45) is 0 Å². The lowest BCUT2D eigenvalue weighted by Gasteiger charge is -2.13. The van der Waals surface area contributed by atoms with Crippen molar-refractivity contribution >= 4 is 16.5 Å². The first kappa shape index (κ1) is 14.6. The van der Waals surface area contributed by atoms with Crippen LogP contribution in [0.2, 0.25) is 0 Å². The molecule has 0 aliphatic heterocycles. The van der Waals surface area contributed by atoms with Crippen molar-refractivity contribution in [1.82, 2.24) is 20.2 Å². The zero-order valence-electron chi connectivity index (χ0n) is 11.3. The van der Waals surface area contributed by atoms with Crippen molar-refractivity contribution in [2.75, 3.05) is 17.7 Å². The van der Waals surface area contributed by atoms with Crippen molar-refractivity contribution in [1.29, 1.82) is 0 Å². The van der Waals surface area contributed by atoms with Crippen LogP contribution in [0, 0.1) is 5.82 Å². The highest BCUT2D eigenvalue weighted by Gasteiger charge is 2.17. The molecule has 2 unspecified atom stereocenters. The Morgan fingerprint density at radius 3 is 2.90 bits per heavy atom. The highest BCUT2D eigenvalue weighted by molar-refractivity contribution is 7.84. The fraction of sp³-hybridized carbons (Fsp3) is 0.417. The van der Waals surface area contributed by atoms with Crippen molar-refractivity contribution in [3.8, 4) is 11.4 Å². The number of rotatable bonds is 5. The number of nitrogens with zero attached hydrogens (tertiary/aromatic N) is 4. The number of hydrogen-bond donors (Lipinski definition) is 1. The van der Waals surface area contributed by atoms with Gasteiger partial charge in [-0.3, -0.25) is 4.21 Å². The van der Waals surface area contributed by atoms with E-state index in [2.05, 4.69) is 15.5 Å². The zero-order valence-corrected chi connectivity index (χ0v) is 12.1. The molecule has 0 aliphatic carbocycles. The van der Waals surface area contributed by atoms with Crippen molar-refractivity contribution in [3.05, 3.63) is 24.0 Å². The molecule has 1 aromatic heterocycles. The second-order valence-electron chi connectivity index (χ2n) is 4.60. The Bertz CT molecular complexity index is 630. The fourth-order valence-corrected chi connectivity index (χ4v) is 2.51. The van der Waals surface area contributed by atoms with Gasteiger partial charge in [-0.25, -0.2) is 9.07 Å². The number of aromatic nitrogens is 4. The maximum atomic E-state index is 13.9. The minimum atomic E-state index is -0.879. The van der Waals surface area contributed by atoms with E-state index < -0.39 is 16.6 Å². The van der Waals surface area contributed by atoms with Crippen LogP contribution in [0.4, 0.5) is 10.1 Å². The normalized spacial score (nSPS) is 14.2. The van der Waals surface area contributed by atoms with Crippen LogP contribution in [-0.4, -0.2) is 36.4 Å². The molecule has 2 aromatic rings. The molecule has 1 heterocycles. The Balaban J connectivity index is 2.30. The third kappa shape index (κ3) is 3.19. The van der Waals surface area contributed by atoms with Gasteiger partial charge in [0.15, 0.2) is 5.82 Å². The molecule has 0 fully saturated rings. The second kappa shape index (κ2) is 6.08. The third-order valence-electron chi connectivity index (χ3n) is 2.97. The summed E-state index contributed by atoms with van der Waals surface area (Å²) in [6.07, 6.45) is 2.30. The van der Waals surface area contributed by atoms with Crippen LogP contribution >= 0.6 is 0 Å². The maximum Gasteiger partial charge on any atom is 0.185 e. The van der Waals surface area contributed by atoms with E-state index in [0.717, 1.165) is 0 Å². The van der Waals surface area contributed by atoms with E-state index in [1.807, 2.05) is 6.92 Å². The molecule has 0 saturated heterocycles. The van der Waals surface area contributed by atoms with E-state index in [-0.39, 0.29) is 6.04 Å². The van der Waals surface area contributed by atoms with Gasteiger partial charge in [-0.2, -0.15) is 0 Å². The Morgan fingerprint density at radius 1 is 1.50 bits per heavy atom. The average molecular weight is 297 g/mol. The van der Waals surface area contributed by atoms with Gasteiger partial charge >= 0.3 is 0 Å². The number of benzene rings is 1. The highest BCUT2D eigenvalue weighted by Crippen LogP contribution is 2.24. The lowest BCUT2D eigenvalue weighted by molar-refractivity contribution is 0.469. The smallest absolute Gasteiger partial charge is 0.185 e. The lowest BCUT2D eigenvalue weighted by atomic mass is 10.1. The van der Waals surface area contributed by atoms with Gasteiger partial charge in [-0.05, 0) is 42.0 Å². The first-order valence-corrected chi connectivity index (χ1v) is 7.85. The molecule has 0 spiro atoms. The van der Waals surface area contributed by atoms with E-state index in [1.54, 1.807) is 23.1 Å². The molecule has 8 heteroatoms. The van der Waals surface area contributed by atoms with Crippen LogP contribution in [0.1, 0.15) is 19.4 Å². The Labute approximate surface area is 118 Å². The lowest BCUT2D eigenvalue weighted by Crippen LogP contribution is -2.12. The van der Waals surface area contributed by atoms with Crippen molar-refractivity contribution in [2.45, 2.75) is 19.4 Å². The summed E-state index contributed by atoms with van der Waals surface area (Å²) in [6, 6.07) is 4.32. The number of tetrazole rings is 1. The van der Waals surface area contributed by atoms with Gasteiger partial charge in [0.25, 0.3) is 0 Å². The van der Waals surface area contributed by atoms with Gasteiger partial charge in [0.2, 0.25) is 0 Å². The third-order valence-corrected chi connectivity index (χ3v) is 3.78. The largest absolute Gasteiger partial charge is 0.399 e. The highest BCUT2D eigenvalue weighted by atomic mass is 32.2. The van der Waals surface area contributed by atoms with Crippen molar-refractivity contribution in [3.63, 3.8) is 0 Å². The minimum Gasteiger partial charge on any atom is -0.399 e. The topological polar surface area (TPSA) is 86.7 Å². The van der Waals surface area contributed by atoms with Crippen LogP contribution in [0.3, 0.4) is 0 Å². The Kier molecular flexibility index (Phi) is 4.43. The second-order valence-corrected chi connectivity index (χ2v) is 6.16. The molecule has 0 bridgehead atoms. The summed E-state index contributed by atoms with van der Waals surface area (Å²) in [5, 5.41) is 11.4. The van der Waals surface area contributed by atoms with E-state index in [1.165, 1.54) is 6.07 Å². The predicted octanol–water partition coefficient (Wildman–Crippen LogP) is 1.39. The van der Waals surface area contributed by atoms with Crippen LogP contribution in [-0.2, 0) is 10.8 Å². The summed E-state index contributed by atoms with van der Waals surface area (Å²) in [5.41, 5.74) is 6.17. The van der Waals surface area contributed by atoms with Crippen LogP contribution in [0.5, 0.6) is 0 Å². The molecule has 2 rings (SSSR count). The van der Waals surface area contributed by atoms with Crippen LogP contribution < -0.4 is 5.73 Å². The molecular weight excluding hydrogens is 281 g/mol. The summed E-state index contributed by atoms with van der Waals surface area (Å²) in [4.78, 5) is 0. The summed E-state index contributed by atoms with van der Waals surface area (Å²) in [5.74, 6) is 0.425.